The topological polar surface area (TPSA) is 81.7 Å². The predicted octanol–water partition coefficient (Wildman–Crippen LogP) is 2.18. The van der Waals surface area contributed by atoms with Crippen molar-refractivity contribution in [1.82, 2.24) is 19.7 Å². The normalized spacial score (nSPS) is 11.1. The van der Waals surface area contributed by atoms with Gasteiger partial charge in [0.15, 0.2) is 11.6 Å². The van der Waals surface area contributed by atoms with Crippen LogP contribution < -0.4 is 11.3 Å². The van der Waals surface area contributed by atoms with Crippen LogP contribution in [0.25, 0.3) is 10.2 Å². The molecule has 3 heterocycles. The Bertz CT molecular complexity index is 714. The zero-order valence-electron chi connectivity index (χ0n) is 10.1. The summed E-state index contributed by atoms with van der Waals surface area (Å²) in [6.07, 6.45) is 1.76. The van der Waals surface area contributed by atoms with Gasteiger partial charge in [-0.3, -0.25) is 4.68 Å². The summed E-state index contributed by atoms with van der Waals surface area (Å²) in [6, 6.07) is 1.94. The van der Waals surface area contributed by atoms with E-state index in [0.717, 1.165) is 15.9 Å². The molecule has 8 heteroatoms. The Morgan fingerprint density at radius 3 is 3.00 bits per heavy atom. The molecule has 3 aromatic rings. The van der Waals surface area contributed by atoms with Crippen molar-refractivity contribution in [2.75, 3.05) is 5.43 Å². The summed E-state index contributed by atoms with van der Waals surface area (Å²) in [5, 5.41) is 7.80. The van der Waals surface area contributed by atoms with E-state index in [-0.39, 0.29) is 0 Å². The standard InChI is InChI=1S/C11H11ClN6S/c1-6-8(12)4-18(17-6)5-9-14-10(16-13)7-2-3-19-11(7)15-9/h2-4H,5,13H2,1H3,(H,14,15,16). The number of rotatable bonds is 3. The van der Waals surface area contributed by atoms with Crippen LogP contribution in [0.4, 0.5) is 5.82 Å². The molecule has 0 aliphatic heterocycles. The zero-order chi connectivity index (χ0) is 13.4. The molecule has 0 fully saturated rings. The Hall–Kier alpha value is -1.70. The summed E-state index contributed by atoms with van der Waals surface area (Å²) < 4.78 is 1.72. The maximum Gasteiger partial charge on any atom is 0.153 e. The van der Waals surface area contributed by atoms with Crippen LogP contribution in [0.2, 0.25) is 5.02 Å². The first kappa shape index (κ1) is 12.3. The van der Waals surface area contributed by atoms with Gasteiger partial charge >= 0.3 is 0 Å². The quantitative estimate of drug-likeness (QED) is 0.571. The van der Waals surface area contributed by atoms with Gasteiger partial charge in [-0.2, -0.15) is 5.10 Å². The number of nitrogen functional groups attached to an aromatic ring is 1. The van der Waals surface area contributed by atoms with Gasteiger partial charge in [-0.05, 0) is 18.4 Å². The second kappa shape index (κ2) is 4.76. The molecule has 3 aromatic heterocycles. The minimum Gasteiger partial charge on any atom is -0.308 e. The minimum atomic E-state index is 0.454. The molecule has 6 nitrogen and oxygen atoms in total. The molecule has 0 spiro atoms. The van der Waals surface area contributed by atoms with E-state index in [4.69, 9.17) is 17.4 Å². The summed E-state index contributed by atoms with van der Waals surface area (Å²) in [6.45, 7) is 2.31. The number of aromatic nitrogens is 4. The molecule has 0 unspecified atom stereocenters. The van der Waals surface area contributed by atoms with Crippen LogP contribution in [0.1, 0.15) is 11.5 Å². The molecule has 0 saturated heterocycles. The summed E-state index contributed by atoms with van der Waals surface area (Å²) in [5.74, 6) is 6.75. The van der Waals surface area contributed by atoms with Crippen LogP contribution >= 0.6 is 22.9 Å². The third-order valence-electron chi connectivity index (χ3n) is 2.70. The van der Waals surface area contributed by atoms with Gasteiger partial charge in [0.1, 0.15) is 11.4 Å². The molecule has 98 valence electrons. The first-order chi connectivity index (χ1) is 9.17. The van der Waals surface area contributed by atoms with Crippen molar-refractivity contribution < 1.29 is 0 Å². The monoisotopic (exact) mass is 294 g/mol. The van der Waals surface area contributed by atoms with E-state index in [2.05, 4.69) is 20.5 Å². The second-order valence-corrected chi connectivity index (χ2v) is 5.33. The fourth-order valence-electron chi connectivity index (χ4n) is 1.80. The average molecular weight is 295 g/mol. The van der Waals surface area contributed by atoms with E-state index >= 15 is 0 Å². The lowest BCUT2D eigenvalue weighted by Gasteiger charge is -2.05. The Kier molecular flexibility index (Phi) is 3.09. The number of hydrogen-bond acceptors (Lipinski definition) is 6. The molecule has 0 aliphatic carbocycles. The molecule has 3 rings (SSSR count). The van der Waals surface area contributed by atoms with Crippen molar-refractivity contribution in [3.05, 3.63) is 34.2 Å². The molecule has 0 aliphatic rings. The highest BCUT2D eigenvalue weighted by Crippen LogP contribution is 2.24. The first-order valence-electron chi connectivity index (χ1n) is 5.57. The lowest BCUT2D eigenvalue weighted by Crippen LogP contribution is -2.12. The van der Waals surface area contributed by atoms with Crippen LogP contribution in [0, 0.1) is 6.92 Å². The van der Waals surface area contributed by atoms with Crippen molar-refractivity contribution in [2.24, 2.45) is 5.84 Å². The fourth-order valence-corrected chi connectivity index (χ4v) is 2.73. The fraction of sp³-hybridized carbons (Fsp3) is 0.182. The van der Waals surface area contributed by atoms with Crippen molar-refractivity contribution >= 4 is 39.0 Å². The molecule has 0 atom stereocenters. The lowest BCUT2D eigenvalue weighted by atomic mass is 10.4. The van der Waals surface area contributed by atoms with Gasteiger partial charge in [-0.1, -0.05) is 11.6 Å². The number of thiophene rings is 1. The molecule has 0 amide bonds. The third-order valence-corrected chi connectivity index (χ3v) is 3.88. The van der Waals surface area contributed by atoms with E-state index in [1.807, 2.05) is 18.4 Å². The van der Waals surface area contributed by atoms with Gasteiger partial charge in [0.2, 0.25) is 0 Å². The number of nitrogens with one attached hydrogen (secondary N) is 1. The maximum atomic E-state index is 5.98. The van der Waals surface area contributed by atoms with Gasteiger partial charge < -0.3 is 5.43 Å². The van der Waals surface area contributed by atoms with Gasteiger partial charge in [-0.15, -0.1) is 11.3 Å². The smallest absolute Gasteiger partial charge is 0.153 e. The highest BCUT2D eigenvalue weighted by atomic mass is 35.5. The molecule has 0 saturated carbocycles. The molecule has 19 heavy (non-hydrogen) atoms. The molecular formula is C11H11ClN6S. The number of nitrogens with zero attached hydrogens (tertiary/aromatic N) is 4. The SMILES string of the molecule is Cc1nn(Cc2nc(NN)c3ccsc3n2)cc1Cl. The number of fused-ring (bicyclic) bond motifs is 1. The van der Waals surface area contributed by atoms with E-state index in [9.17, 15) is 0 Å². The van der Waals surface area contributed by atoms with E-state index in [1.54, 1.807) is 22.2 Å². The molecule has 0 bridgehead atoms. The third kappa shape index (κ3) is 2.27. The van der Waals surface area contributed by atoms with Crippen molar-refractivity contribution in [3.63, 3.8) is 0 Å². The minimum absolute atomic E-state index is 0.454. The van der Waals surface area contributed by atoms with E-state index in [1.165, 1.54) is 0 Å². The van der Waals surface area contributed by atoms with Crippen molar-refractivity contribution in [2.45, 2.75) is 13.5 Å². The van der Waals surface area contributed by atoms with Gasteiger partial charge in [0, 0.05) is 6.20 Å². The number of aryl methyl sites for hydroxylation is 1. The zero-order valence-corrected chi connectivity index (χ0v) is 11.7. The molecular weight excluding hydrogens is 284 g/mol. The first-order valence-corrected chi connectivity index (χ1v) is 6.83. The van der Waals surface area contributed by atoms with Gasteiger partial charge in [0.05, 0.1) is 16.1 Å². The van der Waals surface area contributed by atoms with Crippen LogP contribution in [-0.2, 0) is 6.54 Å². The van der Waals surface area contributed by atoms with Crippen LogP contribution in [0.15, 0.2) is 17.6 Å². The van der Waals surface area contributed by atoms with Crippen LogP contribution in [0.3, 0.4) is 0 Å². The highest BCUT2D eigenvalue weighted by Gasteiger charge is 2.10. The van der Waals surface area contributed by atoms with Crippen LogP contribution in [-0.4, -0.2) is 19.7 Å². The van der Waals surface area contributed by atoms with E-state index < -0.39 is 0 Å². The summed E-state index contributed by atoms with van der Waals surface area (Å²) in [7, 11) is 0. The summed E-state index contributed by atoms with van der Waals surface area (Å²) in [4.78, 5) is 9.76. The summed E-state index contributed by atoms with van der Waals surface area (Å²) >= 11 is 7.52. The average Bonchev–Trinajstić information content (AvgIpc) is 2.96. The Morgan fingerprint density at radius 1 is 1.47 bits per heavy atom. The van der Waals surface area contributed by atoms with Crippen molar-refractivity contribution in [3.8, 4) is 0 Å². The number of hydrogen-bond donors (Lipinski definition) is 2. The molecule has 0 aromatic carbocycles. The predicted molar refractivity (Wildman–Crippen MR) is 76.3 cm³/mol. The summed E-state index contributed by atoms with van der Waals surface area (Å²) in [5.41, 5.74) is 3.39. The Morgan fingerprint density at radius 2 is 2.32 bits per heavy atom. The number of anilines is 1. The Balaban J connectivity index is 2.00. The Labute approximate surface area is 118 Å². The number of nitrogens with two attached hydrogens (primary N) is 1. The van der Waals surface area contributed by atoms with Crippen LogP contribution in [0.5, 0.6) is 0 Å². The van der Waals surface area contributed by atoms with Gasteiger partial charge in [0.25, 0.3) is 0 Å². The largest absolute Gasteiger partial charge is 0.308 e. The second-order valence-electron chi connectivity index (χ2n) is 4.03. The molecule has 0 radical (unpaired) electrons. The number of halogens is 1. The maximum absolute atomic E-state index is 5.98. The number of hydrazine groups is 1. The lowest BCUT2D eigenvalue weighted by molar-refractivity contribution is 0.653. The van der Waals surface area contributed by atoms with Gasteiger partial charge in [-0.25, -0.2) is 15.8 Å². The molecule has 3 N–H and O–H groups in total. The van der Waals surface area contributed by atoms with E-state index in [0.29, 0.717) is 23.2 Å². The highest BCUT2D eigenvalue weighted by molar-refractivity contribution is 7.16. The van der Waals surface area contributed by atoms with Crippen molar-refractivity contribution in [1.29, 1.82) is 0 Å².